The van der Waals surface area contributed by atoms with E-state index in [1.165, 1.54) is 6.07 Å². The summed E-state index contributed by atoms with van der Waals surface area (Å²) in [6.07, 6.45) is 0.928. The standard InChI is InChI=1S/C11H14F2N2/c12-10-3-1-2-8(11(10)13)6-15-5-4-9(14)7-15/h1-3,9H,4-7,14H2. The van der Waals surface area contributed by atoms with Crippen molar-refractivity contribution >= 4 is 0 Å². The number of nitrogens with two attached hydrogens (primary N) is 1. The Kier molecular flexibility index (Phi) is 2.98. The lowest BCUT2D eigenvalue weighted by Crippen LogP contribution is -2.26. The lowest BCUT2D eigenvalue weighted by molar-refractivity contribution is 0.318. The van der Waals surface area contributed by atoms with Gasteiger partial charge in [-0.3, -0.25) is 4.90 Å². The summed E-state index contributed by atoms with van der Waals surface area (Å²) in [6, 6.07) is 4.45. The summed E-state index contributed by atoms with van der Waals surface area (Å²) in [5.74, 6) is -1.52. The molecule has 1 aromatic rings. The minimum atomic E-state index is -0.781. The monoisotopic (exact) mass is 212 g/mol. The number of hydrogen-bond donors (Lipinski definition) is 1. The zero-order chi connectivity index (χ0) is 10.8. The van der Waals surface area contributed by atoms with E-state index in [2.05, 4.69) is 0 Å². The van der Waals surface area contributed by atoms with Crippen molar-refractivity contribution in [2.24, 2.45) is 5.73 Å². The molecule has 1 unspecified atom stereocenters. The van der Waals surface area contributed by atoms with E-state index in [4.69, 9.17) is 5.73 Å². The first-order valence-corrected chi connectivity index (χ1v) is 5.07. The Balaban J connectivity index is 2.07. The third kappa shape index (κ3) is 2.33. The van der Waals surface area contributed by atoms with Crippen LogP contribution >= 0.6 is 0 Å². The maximum Gasteiger partial charge on any atom is 0.163 e. The molecule has 0 saturated carbocycles. The van der Waals surface area contributed by atoms with E-state index in [0.717, 1.165) is 25.6 Å². The van der Waals surface area contributed by atoms with Crippen LogP contribution in [0.15, 0.2) is 18.2 Å². The number of nitrogens with zero attached hydrogens (tertiary/aromatic N) is 1. The molecule has 2 nitrogen and oxygen atoms in total. The molecule has 1 fully saturated rings. The molecule has 0 radical (unpaired) electrons. The largest absolute Gasteiger partial charge is 0.326 e. The molecule has 82 valence electrons. The van der Waals surface area contributed by atoms with Gasteiger partial charge in [-0.1, -0.05) is 12.1 Å². The maximum absolute atomic E-state index is 13.3. The van der Waals surface area contributed by atoms with Crippen LogP contribution in [0.1, 0.15) is 12.0 Å². The van der Waals surface area contributed by atoms with Crippen molar-refractivity contribution < 1.29 is 8.78 Å². The van der Waals surface area contributed by atoms with Gasteiger partial charge in [0, 0.05) is 31.2 Å². The summed E-state index contributed by atoms with van der Waals surface area (Å²) < 4.78 is 26.2. The smallest absolute Gasteiger partial charge is 0.163 e. The molecule has 0 spiro atoms. The van der Waals surface area contributed by atoms with Gasteiger partial charge in [-0.05, 0) is 12.5 Å². The van der Waals surface area contributed by atoms with Gasteiger partial charge in [0.1, 0.15) is 0 Å². The first-order chi connectivity index (χ1) is 7.16. The van der Waals surface area contributed by atoms with Gasteiger partial charge < -0.3 is 5.73 Å². The van der Waals surface area contributed by atoms with Crippen molar-refractivity contribution in [2.45, 2.75) is 19.0 Å². The highest BCUT2D eigenvalue weighted by atomic mass is 19.2. The maximum atomic E-state index is 13.3. The first kappa shape index (κ1) is 10.5. The van der Waals surface area contributed by atoms with E-state index in [-0.39, 0.29) is 6.04 Å². The zero-order valence-electron chi connectivity index (χ0n) is 8.42. The second-order valence-electron chi connectivity index (χ2n) is 4.00. The first-order valence-electron chi connectivity index (χ1n) is 5.07. The lowest BCUT2D eigenvalue weighted by Gasteiger charge is -2.15. The van der Waals surface area contributed by atoms with E-state index in [1.54, 1.807) is 6.07 Å². The number of hydrogen-bond acceptors (Lipinski definition) is 2. The zero-order valence-corrected chi connectivity index (χ0v) is 8.42. The molecule has 2 N–H and O–H groups in total. The third-order valence-electron chi connectivity index (χ3n) is 2.73. The van der Waals surface area contributed by atoms with Crippen molar-refractivity contribution in [3.8, 4) is 0 Å². The fourth-order valence-electron chi connectivity index (χ4n) is 1.92. The van der Waals surface area contributed by atoms with Crippen LogP contribution in [0.3, 0.4) is 0 Å². The fraction of sp³-hybridized carbons (Fsp3) is 0.455. The van der Waals surface area contributed by atoms with Gasteiger partial charge in [0.25, 0.3) is 0 Å². The van der Waals surface area contributed by atoms with Crippen molar-refractivity contribution in [1.29, 1.82) is 0 Å². The Morgan fingerprint density at radius 1 is 1.40 bits per heavy atom. The van der Waals surface area contributed by atoms with E-state index >= 15 is 0 Å². The van der Waals surface area contributed by atoms with Crippen LogP contribution in [0, 0.1) is 11.6 Å². The fourth-order valence-corrected chi connectivity index (χ4v) is 1.92. The third-order valence-corrected chi connectivity index (χ3v) is 2.73. The minimum absolute atomic E-state index is 0.168. The molecular formula is C11H14F2N2. The number of benzene rings is 1. The Morgan fingerprint density at radius 2 is 2.20 bits per heavy atom. The summed E-state index contributed by atoms with van der Waals surface area (Å²) in [6.45, 7) is 2.06. The molecule has 1 saturated heterocycles. The molecule has 4 heteroatoms. The number of rotatable bonds is 2. The SMILES string of the molecule is NC1CCN(Cc2cccc(F)c2F)C1. The van der Waals surface area contributed by atoms with Crippen LogP contribution in [0.25, 0.3) is 0 Å². The van der Waals surface area contributed by atoms with Gasteiger partial charge >= 0.3 is 0 Å². The Bertz CT molecular complexity index is 354. The predicted molar refractivity (Wildman–Crippen MR) is 54.2 cm³/mol. The van der Waals surface area contributed by atoms with Crippen LogP contribution in [-0.2, 0) is 6.54 Å². The molecule has 1 aliphatic heterocycles. The van der Waals surface area contributed by atoms with E-state index in [1.807, 2.05) is 4.90 Å². The molecule has 1 aromatic carbocycles. The number of halogens is 2. The normalized spacial score (nSPS) is 22.2. The second kappa shape index (κ2) is 4.24. The van der Waals surface area contributed by atoms with Gasteiger partial charge in [0.05, 0.1) is 0 Å². The molecule has 1 atom stereocenters. The van der Waals surface area contributed by atoms with Crippen LogP contribution in [-0.4, -0.2) is 24.0 Å². The van der Waals surface area contributed by atoms with Crippen molar-refractivity contribution in [3.05, 3.63) is 35.4 Å². The average Bonchev–Trinajstić information content (AvgIpc) is 2.59. The van der Waals surface area contributed by atoms with Gasteiger partial charge in [0.2, 0.25) is 0 Å². The van der Waals surface area contributed by atoms with Crippen molar-refractivity contribution in [1.82, 2.24) is 4.90 Å². The molecule has 15 heavy (non-hydrogen) atoms. The van der Waals surface area contributed by atoms with Gasteiger partial charge in [-0.25, -0.2) is 8.78 Å². The predicted octanol–water partition coefficient (Wildman–Crippen LogP) is 1.50. The summed E-state index contributed by atoms with van der Waals surface area (Å²) >= 11 is 0. The van der Waals surface area contributed by atoms with E-state index < -0.39 is 11.6 Å². The Hall–Kier alpha value is -1.00. The van der Waals surface area contributed by atoms with E-state index in [9.17, 15) is 8.78 Å². The van der Waals surface area contributed by atoms with Crippen molar-refractivity contribution in [3.63, 3.8) is 0 Å². The summed E-state index contributed by atoms with van der Waals surface area (Å²) in [4.78, 5) is 2.04. The molecule has 0 aliphatic carbocycles. The lowest BCUT2D eigenvalue weighted by atomic mass is 10.2. The van der Waals surface area contributed by atoms with Gasteiger partial charge in [0.15, 0.2) is 11.6 Å². The highest BCUT2D eigenvalue weighted by molar-refractivity contribution is 5.19. The average molecular weight is 212 g/mol. The van der Waals surface area contributed by atoms with Crippen LogP contribution < -0.4 is 5.73 Å². The van der Waals surface area contributed by atoms with Gasteiger partial charge in [-0.2, -0.15) is 0 Å². The number of likely N-dealkylation sites (tertiary alicyclic amines) is 1. The molecule has 1 aliphatic rings. The van der Waals surface area contributed by atoms with E-state index in [0.29, 0.717) is 12.1 Å². The van der Waals surface area contributed by atoms with Crippen molar-refractivity contribution in [2.75, 3.05) is 13.1 Å². The molecule has 0 aromatic heterocycles. The molecule has 0 amide bonds. The molecular weight excluding hydrogens is 198 g/mol. The molecule has 0 bridgehead atoms. The van der Waals surface area contributed by atoms with Crippen LogP contribution in [0.4, 0.5) is 8.78 Å². The molecule has 1 heterocycles. The summed E-state index contributed by atoms with van der Waals surface area (Å²) in [5.41, 5.74) is 6.14. The van der Waals surface area contributed by atoms with Gasteiger partial charge in [-0.15, -0.1) is 0 Å². The highest BCUT2D eigenvalue weighted by Gasteiger charge is 2.20. The van der Waals surface area contributed by atoms with Crippen LogP contribution in [0.5, 0.6) is 0 Å². The van der Waals surface area contributed by atoms with Crippen LogP contribution in [0.2, 0.25) is 0 Å². The second-order valence-corrected chi connectivity index (χ2v) is 4.00. The Labute approximate surface area is 87.7 Å². The Morgan fingerprint density at radius 3 is 2.87 bits per heavy atom. The summed E-state index contributed by atoms with van der Waals surface area (Å²) in [7, 11) is 0. The highest BCUT2D eigenvalue weighted by Crippen LogP contribution is 2.16. The topological polar surface area (TPSA) is 29.3 Å². The minimum Gasteiger partial charge on any atom is -0.326 e. The quantitative estimate of drug-likeness (QED) is 0.805. The molecule has 2 rings (SSSR count). The summed E-state index contributed by atoms with van der Waals surface area (Å²) in [5, 5.41) is 0.